The van der Waals surface area contributed by atoms with Gasteiger partial charge in [-0.25, -0.2) is 0 Å². The Kier molecular flexibility index (Phi) is 2.89. The van der Waals surface area contributed by atoms with Crippen LogP contribution in [0.5, 0.6) is 0 Å². The van der Waals surface area contributed by atoms with E-state index in [1.807, 2.05) is 42.5 Å². The van der Waals surface area contributed by atoms with Crippen molar-refractivity contribution in [2.45, 2.75) is 6.54 Å². The maximum atomic E-state index is 5.36. The van der Waals surface area contributed by atoms with E-state index in [1.165, 1.54) is 0 Å². The first-order chi connectivity index (χ1) is 6.84. The molecule has 14 heavy (non-hydrogen) atoms. The first-order valence-corrected chi connectivity index (χ1v) is 5.17. The van der Waals surface area contributed by atoms with Crippen molar-refractivity contribution in [2.24, 2.45) is 0 Å². The van der Waals surface area contributed by atoms with Gasteiger partial charge in [-0.3, -0.25) is 0 Å². The van der Waals surface area contributed by atoms with Crippen LogP contribution in [-0.2, 0) is 6.54 Å². The second-order valence-electron chi connectivity index (χ2n) is 2.93. The van der Waals surface area contributed by atoms with Crippen LogP contribution in [-0.4, -0.2) is 0 Å². The van der Waals surface area contributed by atoms with Gasteiger partial charge in [0.05, 0.1) is 6.54 Å². The van der Waals surface area contributed by atoms with Crippen LogP contribution in [0.25, 0.3) is 0 Å². The molecule has 2 nitrogen and oxygen atoms in total. The van der Waals surface area contributed by atoms with Crippen LogP contribution >= 0.6 is 15.9 Å². The van der Waals surface area contributed by atoms with Crippen molar-refractivity contribution in [2.75, 3.05) is 5.32 Å². The quantitative estimate of drug-likeness (QED) is 0.901. The standard InChI is InChI=1S/C11H10BrNO/c12-11-7-6-10(14-11)8-13-9-4-2-1-3-5-9/h1-7,13H,8H2. The first kappa shape index (κ1) is 9.34. The summed E-state index contributed by atoms with van der Waals surface area (Å²) in [4.78, 5) is 0. The fraction of sp³-hybridized carbons (Fsp3) is 0.0909. The number of benzene rings is 1. The molecule has 0 unspecified atom stereocenters. The molecule has 0 aliphatic carbocycles. The Bertz CT molecular complexity index is 397. The predicted octanol–water partition coefficient (Wildman–Crippen LogP) is 3.65. The lowest BCUT2D eigenvalue weighted by molar-refractivity contribution is 0.495. The summed E-state index contributed by atoms with van der Waals surface area (Å²) < 4.78 is 6.13. The van der Waals surface area contributed by atoms with E-state index in [-0.39, 0.29) is 0 Å². The molecule has 0 amide bonds. The van der Waals surface area contributed by atoms with Gasteiger partial charge in [-0.15, -0.1) is 0 Å². The number of nitrogens with one attached hydrogen (secondary N) is 1. The van der Waals surface area contributed by atoms with Crippen LogP contribution in [0.3, 0.4) is 0 Å². The second-order valence-corrected chi connectivity index (χ2v) is 3.71. The smallest absolute Gasteiger partial charge is 0.169 e. The lowest BCUT2D eigenvalue weighted by Gasteiger charge is -2.02. The maximum absolute atomic E-state index is 5.36. The number of rotatable bonds is 3. The minimum Gasteiger partial charge on any atom is -0.452 e. The van der Waals surface area contributed by atoms with E-state index in [4.69, 9.17) is 4.42 Å². The Balaban J connectivity index is 1.95. The molecule has 1 N–H and O–H groups in total. The summed E-state index contributed by atoms with van der Waals surface area (Å²) in [5.74, 6) is 0.917. The fourth-order valence-corrected chi connectivity index (χ4v) is 1.53. The average molecular weight is 252 g/mol. The van der Waals surface area contributed by atoms with Gasteiger partial charge in [-0.1, -0.05) is 18.2 Å². The number of furan rings is 1. The minimum absolute atomic E-state index is 0.704. The summed E-state index contributed by atoms with van der Waals surface area (Å²) >= 11 is 3.26. The highest BCUT2D eigenvalue weighted by molar-refractivity contribution is 9.10. The van der Waals surface area contributed by atoms with Crippen LogP contribution in [0.4, 0.5) is 5.69 Å². The monoisotopic (exact) mass is 251 g/mol. The fourth-order valence-electron chi connectivity index (χ4n) is 1.19. The molecule has 3 heteroatoms. The molecule has 0 saturated heterocycles. The van der Waals surface area contributed by atoms with E-state index in [2.05, 4.69) is 21.2 Å². The molecule has 2 aromatic rings. The largest absolute Gasteiger partial charge is 0.452 e. The van der Waals surface area contributed by atoms with Crippen LogP contribution in [0.1, 0.15) is 5.76 Å². The van der Waals surface area contributed by atoms with E-state index in [0.717, 1.165) is 16.1 Å². The van der Waals surface area contributed by atoms with Crippen LogP contribution in [0, 0.1) is 0 Å². The highest BCUT2D eigenvalue weighted by Gasteiger charge is 1.98. The number of hydrogen-bond donors (Lipinski definition) is 1. The van der Waals surface area contributed by atoms with Gasteiger partial charge in [0.25, 0.3) is 0 Å². The summed E-state index contributed by atoms with van der Waals surface area (Å²) in [6.07, 6.45) is 0. The molecule has 72 valence electrons. The molecule has 0 aliphatic rings. The van der Waals surface area contributed by atoms with Crippen molar-refractivity contribution in [1.29, 1.82) is 0 Å². The summed E-state index contributed by atoms with van der Waals surface area (Å²) in [5.41, 5.74) is 1.10. The van der Waals surface area contributed by atoms with Crippen LogP contribution in [0.15, 0.2) is 51.6 Å². The maximum Gasteiger partial charge on any atom is 0.169 e. The van der Waals surface area contributed by atoms with E-state index < -0.39 is 0 Å². The SMILES string of the molecule is Brc1ccc(CNc2ccccc2)o1. The Morgan fingerprint density at radius 2 is 1.86 bits per heavy atom. The molecule has 0 radical (unpaired) electrons. The third-order valence-electron chi connectivity index (χ3n) is 1.87. The van der Waals surface area contributed by atoms with Crippen molar-refractivity contribution in [3.8, 4) is 0 Å². The molecule has 1 aromatic heterocycles. The summed E-state index contributed by atoms with van der Waals surface area (Å²) in [6, 6.07) is 13.9. The van der Waals surface area contributed by atoms with Crippen LogP contribution < -0.4 is 5.32 Å². The molecular formula is C11H10BrNO. The Morgan fingerprint density at radius 1 is 1.07 bits per heavy atom. The summed E-state index contributed by atoms with van der Waals surface area (Å²) in [7, 11) is 0. The van der Waals surface area contributed by atoms with Crippen LogP contribution in [0.2, 0.25) is 0 Å². The van der Waals surface area contributed by atoms with E-state index in [9.17, 15) is 0 Å². The molecule has 1 heterocycles. The summed E-state index contributed by atoms with van der Waals surface area (Å²) in [5, 5.41) is 3.26. The highest BCUT2D eigenvalue weighted by atomic mass is 79.9. The number of halogens is 1. The average Bonchev–Trinajstić information content (AvgIpc) is 2.63. The highest BCUT2D eigenvalue weighted by Crippen LogP contribution is 2.15. The Morgan fingerprint density at radius 3 is 2.50 bits per heavy atom. The van der Waals surface area contributed by atoms with Gasteiger partial charge < -0.3 is 9.73 Å². The Hall–Kier alpha value is -1.22. The van der Waals surface area contributed by atoms with Gasteiger partial charge in [0.1, 0.15) is 5.76 Å². The van der Waals surface area contributed by atoms with Crippen molar-refractivity contribution >= 4 is 21.6 Å². The third-order valence-corrected chi connectivity index (χ3v) is 2.30. The number of hydrogen-bond acceptors (Lipinski definition) is 2. The van der Waals surface area contributed by atoms with Crippen molar-refractivity contribution in [3.05, 3.63) is 52.9 Å². The first-order valence-electron chi connectivity index (χ1n) is 4.38. The second kappa shape index (κ2) is 4.33. The van der Waals surface area contributed by atoms with Gasteiger partial charge in [-0.2, -0.15) is 0 Å². The normalized spacial score (nSPS) is 10.1. The lowest BCUT2D eigenvalue weighted by Crippen LogP contribution is -1.97. The van der Waals surface area contributed by atoms with E-state index >= 15 is 0 Å². The zero-order valence-electron chi connectivity index (χ0n) is 7.53. The zero-order chi connectivity index (χ0) is 9.80. The van der Waals surface area contributed by atoms with Crippen molar-refractivity contribution in [1.82, 2.24) is 0 Å². The molecule has 0 fully saturated rings. The molecule has 0 saturated carbocycles. The van der Waals surface area contributed by atoms with E-state index in [1.54, 1.807) is 0 Å². The topological polar surface area (TPSA) is 25.2 Å². The zero-order valence-corrected chi connectivity index (χ0v) is 9.12. The van der Waals surface area contributed by atoms with Gasteiger partial charge >= 0.3 is 0 Å². The minimum atomic E-state index is 0.704. The Labute approximate surface area is 91.1 Å². The van der Waals surface area contributed by atoms with E-state index in [0.29, 0.717) is 6.54 Å². The molecule has 0 spiro atoms. The molecule has 2 rings (SSSR count). The summed E-state index contributed by atoms with van der Waals surface area (Å²) in [6.45, 7) is 0.704. The molecule has 0 aliphatic heterocycles. The number of para-hydroxylation sites is 1. The van der Waals surface area contributed by atoms with Gasteiger partial charge in [0, 0.05) is 5.69 Å². The third kappa shape index (κ3) is 2.39. The predicted molar refractivity (Wildman–Crippen MR) is 60.2 cm³/mol. The molecular weight excluding hydrogens is 242 g/mol. The lowest BCUT2D eigenvalue weighted by atomic mass is 10.3. The van der Waals surface area contributed by atoms with Gasteiger partial charge in [0.15, 0.2) is 4.67 Å². The molecule has 0 atom stereocenters. The molecule has 0 bridgehead atoms. The molecule has 1 aromatic carbocycles. The van der Waals surface area contributed by atoms with Crippen molar-refractivity contribution < 1.29 is 4.42 Å². The number of anilines is 1. The van der Waals surface area contributed by atoms with Crippen molar-refractivity contribution in [3.63, 3.8) is 0 Å². The van der Waals surface area contributed by atoms with Gasteiger partial charge in [-0.05, 0) is 40.2 Å². The van der Waals surface area contributed by atoms with Gasteiger partial charge in [0.2, 0.25) is 0 Å².